The van der Waals surface area contributed by atoms with Crippen LogP contribution in [-0.4, -0.2) is 32.2 Å². The fraction of sp³-hybridized carbons (Fsp3) is 0.133. The molecule has 0 unspecified atom stereocenters. The van der Waals surface area contributed by atoms with Gasteiger partial charge in [0.05, 0.1) is 0 Å². The standard InChI is InChI=1S/C15H12Cl2N4O/c1-20(9-10-5-6-11(16)18-8-10)15(22)13-14(17)19-12-4-2-3-7-21(12)13/h2-8H,9H2,1H3. The molecular formula is C15H12Cl2N4O. The lowest BCUT2D eigenvalue weighted by Crippen LogP contribution is -2.27. The number of nitrogens with zero attached hydrogens (tertiary/aromatic N) is 4. The highest BCUT2D eigenvalue weighted by molar-refractivity contribution is 6.32. The van der Waals surface area contributed by atoms with E-state index in [1.807, 2.05) is 18.2 Å². The minimum absolute atomic E-state index is 0.192. The number of rotatable bonds is 3. The lowest BCUT2D eigenvalue weighted by atomic mass is 10.2. The molecule has 0 bridgehead atoms. The molecule has 0 N–H and O–H groups in total. The molecule has 3 heterocycles. The molecule has 5 nitrogen and oxygen atoms in total. The van der Waals surface area contributed by atoms with Crippen LogP contribution in [0.25, 0.3) is 5.65 Å². The smallest absolute Gasteiger partial charge is 0.274 e. The third kappa shape index (κ3) is 2.77. The SMILES string of the molecule is CN(Cc1ccc(Cl)nc1)C(=O)c1c(Cl)nc2ccccn12. The highest BCUT2D eigenvalue weighted by Crippen LogP contribution is 2.20. The van der Waals surface area contributed by atoms with Gasteiger partial charge in [0.2, 0.25) is 0 Å². The van der Waals surface area contributed by atoms with Crippen molar-refractivity contribution in [1.82, 2.24) is 19.3 Å². The molecule has 0 saturated heterocycles. The molecule has 0 spiro atoms. The predicted octanol–water partition coefficient (Wildman–Crippen LogP) is 3.31. The van der Waals surface area contributed by atoms with Crippen molar-refractivity contribution in [1.29, 1.82) is 0 Å². The topological polar surface area (TPSA) is 50.5 Å². The molecule has 3 rings (SSSR count). The molecule has 0 atom stereocenters. The van der Waals surface area contributed by atoms with E-state index in [4.69, 9.17) is 23.2 Å². The van der Waals surface area contributed by atoms with Crippen LogP contribution in [-0.2, 0) is 6.54 Å². The number of hydrogen-bond donors (Lipinski definition) is 0. The van der Waals surface area contributed by atoms with E-state index in [1.54, 1.807) is 40.9 Å². The van der Waals surface area contributed by atoms with Crippen LogP contribution in [0.1, 0.15) is 16.1 Å². The van der Waals surface area contributed by atoms with Gasteiger partial charge < -0.3 is 4.90 Å². The summed E-state index contributed by atoms with van der Waals surface area (Å²) in [7, 11) is 1.70. The van der Waals surface area contributed by atoms with Gasteiger partial charge in [0.25, 0.3) is 5.91 Å². The van der Waals surface area contributed by atoms with Crippen molar-refractivity contribution in [2.75, 3.05) is 7.05 Å². The third-order valence-corrected chi connectivity index (χ3v) is 3.73. The summed E-state index contributed by atoms with van der Waals surface area (Å²) in [5, 5.41) is 0.611. The lowest BCUT2D eigenvalue weighted by Gasteiger charge is -2.17. The number of carbonyl (C=O) groups is 1. The largest absolute Gasteiger partial charge is 0.336 e. The zero-order chi connectivity index (χ0) is 15.7. The number of halogens is 2. The van der Waals surface area contributed by atoms with Gasteiger partial charge in [0.1, 0.15) is 10.8 Å². The van der Waals surface area contributed by atoms with E-state index in [2.05, 4.69) is 9.97 Å². The Morgan fingerprint density at radius 3 is 2.82 bits per heavy atom. The van der Waals surface area contributed by atoms with Crippen LogP contribution in [0, 0.1) is 0 Å². The quantitative estimate of drug-likeness (QED) is 0.690. The average Bonchev–Trinajstić information content (AvgIpc) is 2.84. The number of fused-ring (bicyclic) bond motifs is 1. The Labute approximate surface area is 137 Å². The van der Waals surface area contributed by atoms with Crippen molar-refractivity contribution in [3.8, 4) is 0 Å². The zero-order valence-electron chi connectivity index (χ0n) is 11.7. The maximum Gasteiger partial charge on any atom is 0.274 e. The number of imidazole rings is 1. The molecule has 0 aliphatic heterocycles. The second kappa shape index (κ2) is 5.94. The van der Waals surface area contributed by atoms with Crippen LogP contribution in [0.4, 0.5) is 0 Å². The Kier molecular flexibility index (Phi) is 4.00. The molecule has 112 valence electrons. The van der Waals surface area contributed by atoms with Crippen LogP contribution < -0.4 is 0 Å². The molecule has 0 aliphatic rings. The lowest BCUT2D eigenvalue weighted by molar-refractivity contribution is 0.0778. The van der Waals surface area contributed by atoms with Gasteiger partial charge in [-0.2, -0.15) is 0 Å². The fourth-order valence-corrected chi connectivity index (χ4v) is 2.56. The number of amides is 1. The van der Waals surface area contributed by atoms with Crippen molar-refractivity contribution in [3.63, 3.8) is 0 Å². The average molecular weight is 335 g/mol. The number of hydrogen-bond acceptors (Lipinski definition) is 3. The molecule has 1 amide bonds. The zero-order valence-corrected chi connectivity index (χ0v) is 13.2. The van der Waals surface area contributed by atoms with Crippen LogP contribution in [0.3, 0.4) is 0 Å². The first kappa shape index (κ1) is 14.8. The van der Waals surface area contributed by atoms with Gasteiger partial charge in [-0.3, -0.25) is 9.20 Å². The van der Waals surface area contributed by atoms with E-state index in [9.17, 15) is 4.79 Å². The summed E-state index contributed by atoms with van der Waals surface area (Å²) in [6.45, 7) is 0.402. The minimum Gasteiger partial charge on any atom is -0.336 e. The molecule has 3 aromatic rings. The molecule has 0 saturated carbocycles. The summed E-state index contributed by atoms with van der Waals surface area (Å²) >= 11 is 11.9. The summed E-state index contributed by atoms with van der Waals surface area (Å²) in [5.74, 6) is -0.210. The van der Waals surface area contributed by atoms with Crippen molar-refractivity contribution in [2.45, 2.75) is 6.54 Å². The van der Waals surface area contributed by atoms with E-state index < -0.39 is 0 Å². The monoisotopic (exact) mass is 334 g/mol. The van der Waals surface area contributed by atoms with Crippen molar-refractivity contribution in [3.05, 3.63) is 64.3 Å². The Hall–Kier alpha value is -2.11. The first-order chi connectivity index (χ1) is 10.6. The molecular weight excluding hydrogens is 323 g/mol. The Balaban J connectivity index is 1.88. The molecule has 0 fully saturated rings. The van der Waals surface area contributed by atoms with Gasteiger partial charge in [0.15, 0.2) is 10.8 Å². The summed E-state index contributed by atoms with van der Waals surface area (Å²) < 4.78 is 1.68. The van der Waals surface area contributed by atoms with Crippen LogP contribution in [0.5, 0.6) is 0 Å². The Morgan fingerprint density at radius 2 is 2.09 bits per heavy atom. The number of carbonyl (C=O) groups excluding carboxylic acids is 1. The van der Waals surface area contributed by atoms with E-state index in [-0.39, 0.29) is 11.1 Å². The van der Waals surface area contributed by atoms with E-state index in [1.165, 1.54) is 0 Å². The third-order valence-electron chi connectivity index (χ3n) is 3.25. The van der Waals surface area contributed by atoms with E-state index in [0.717, 1.165) is 5.56 Å². The predicted molar refractivity (Wildman–Crippen MR) is 85.2 cm³/mol. The minimum atomic E-state index is -0.210. The van der Waals surface area contributed by atoms with Crippen molar-refractivity contribution < 1.29 is 4.79 Å². The van der Waals surface area contributed by atoms with Crippen LogP contribution >= 0.6 is 23.2 Å². The number of pyridine rings is 2. The highest BCUT2D eigenvalue weighted by atomic mass is 35.5. The van der Waals surface area contributed by atoms with Crippen molar-refractivity contribution >= 4 is 34.8 Å². The molecule has 0 radical (unpaired) electrons. The van der Waals surface area contributed by atoms with Crippen molar-refractivity contribution in [2.24, 2.45) is 0 Å². The summed E-state index contributed by atoms with van der Waals surface area (Å²) in [4.78, 5) is 22.4. The highest BCUT2D eigenvalue weighted by Gasteiger charge is 2.21. The van der Waals surface area contributed by atoms with Gasteiger partial charge in [-0.25, -0.2) is 9.97 Å². The second-order valence-electron chi connectivity index (χ2n) is 4.83. The first-order valence-corrected chi connectivity index (χ1v) is 7.30. The molecule has 22 heavy (non-hydrogen) atoms. The summed E-state index contributed by atoms with van der Waals surface area (Å²) in [5.41, 5.74) is 1.87. The molecule has 0 aliphatic carbocycles. The van der Waals surface area contributed by atoms with E-state index >= 15 is 0 Å². The maximum absolute atomic E-state index is 12.6. The van der Waals surface area contributed by atoms with Gasteiger partial charge in [-0.1, -0.05) is 35.3 Å². The summed E-state index contributed by atoms with van der Waals surface area (Å²) in [6.07, 6.45) is 3.40. The Bertz CT molecular complexity index is 829. The van der Waals surface area contributed by atoms with Gasteiger partial charge in [-0.15, -0.1) is 0 Å². The van der Waals surface area contributed by atoms with Gasteiger partial charge in [0, 0.05) is 26.0 Å². The molecule has 7 heteroatoms. The van der Waals surface area contributed by atoms with Gasteiger partial charge >= 0.3 is 0 Å². The normalized spacial score (nSPS) is 10.9. The van der Waals surface area contributed by atoms with Gasteiger partial charge in [-0.05, 0) is 23.8 Å². The van der Waals surface area contributed by atoms with E-state index in [0.29, 0.717) is 23.0 Å². The fourth-order valence-electron chi connectivity index (χ4n) is 2.18. The first-order valence-electron chi connectivity index (χ1n) is 6.55. The molecule has 3 aromatic heterocycles. The molecule has 0 aromatic carbocycles. The maximum atomic E-state index is 12.6. The number of aromatic nitrogens is 3. The van der Waals surface area contributed by atoms with Crippen LogP contribution in [0.2, 0.25) is 10.3 Å². The van der Waals surface area contributed by atoms with Crippen LogP contribution in [0.15, 0.2) is 42.7 Å². The Morgan fingerprint density at radius 1 is 1.27 bits per heavy atom. The summed E-state index contributed by atoms with van der Waals surface area (Å²) in [6, 6.07) is 8.98. The second-order valence-corrected chi connectivity index (χ2v) is 5.58.